The lowest BCUT2D eigenvalue weighted by Gasteiger charge is -2.15. The smallest absolute Gasteiger partial charge is 0.230 e. The number of carbonyl (C=O) groups is 1. The van der Waals surface area contributed by atoms with E-state index < -0.39 is 5.41 Å². The van der Waals surface area contributed by atoms with Crippen LogP contribution in [0.25, 0.3) is 5.65 Å². The van der Waals surface area contributed by atoms with Crippen molar-refractivity contribution in [2.75, 3.05) is 0 Å². The fraction of sp³-hybridized carbons (Fsp3) is 0.222. The normalized spacial score (nSPS) is 15.4. The first-order valence-corrected chi connectivity index (χ1v) is 8.12. The lowest BCUT2D eigenvalue weighted by molar-refractivity contribution is -0.123. The summed E-state index contributed by atoms with van der Waals surface area (Å²) < 4.78 is 14.9. The molecule has 1 N–H and O–H groups in total. The number of hydrogen-bond donors (Lipinski definition) is 1. The third-order valence-electron chi connectivity index (χ3n) is 4.48. The molecule has 1 fully saturated rings. The van der Waals surface area contributed by atoms with E-state index in [4.69, 9.17) is 11.6 Å². The van der Waals surface area contributed by atoms with Crippen molar-refractivity contribution < 1.29 is 9.18 Å². The molecular formula is C18H15ClFN3O. The van der Waals surface area contributed by atoms with Crippen LogP contribution in [0.15, 0.2) is 48.8 Å². The molecule has 0 spiro atoms. The molecule has 1 aliphatic carbocycles. The maximum Gasteiger partial charge on any atom is 0.230 e. The van der Waals surface area contributed by atoms with Gasteiger partial charge in [0.05, 0.1) is 22.7 Å². The molecule has 0 bridgehead atoms. The Hall–Kier alpha value is -2.40. The van der Waals surface area contributed by atoms with Crippen LogP contribution >= 0.6 is 11.6 Å². The molecule has 2 heterocycles. The molecular weight excluding hydrogens is 329 g/mol. The van der Waals surface area contributed by atoms with E-state index in [-0.39, 0.29) is 11.7 Å². The maximum atomic E-state index is 13.1. The molecule has 0 aliphatic heterocycles. The van der Waals surface area contributed by atoms with Crippen LogP contribution in [0.3, 0.4) is 0 Å². The molecule has 1 saturated carbocycles. The average Bonchev–Trinajstić information content (AvgIpc) is 3.28. The second kappa shape index (κ2) is 5.60. The molecule has 0 atom stereocenters. The monoisotopic (exact) mass is 343 g/mol. The Morgan fingerprint density at radius 2 is 1.96 bits per heavy atom. The topological polar surface area (TPSA) is 46.4 Å². The van der Waals surface area contributed by atoms with Crippen LogP contribution in [0.5, 0.6) is 0 Å². The number of halogens is 2. The first kappa shape index (κ1) is 15.1. The van der Waals surface area contributed by atoms with Gasteiger partial charge < -0.3 is 9.72 Å². The third-order valence-corrected chi connectivity index (χ3v) is 4.70. The van der Waals surface area contributed by atoms with Gasteiger partial charge in [-0.05, 0) is 42.7 Å². The van der Waals surface area contributed by atoms with Crippen LogP contribution in [-0.4, -0.2) is 15.3 Å². The van der Waals surface area contributed by atoms with E-state index in [1.165, 1.54) is 12.1 Å². The van der Waals surface area contributed by atoms with Crippen molar-refractivity contribution in [3.8, 4) is 0 Å². The molecule has 3 aromatic rings. The van der Waals surface area contributed by atoms with Gasteiger partial charge in [0.2, 0.25) is 5.91 Å². The number of hydrogen-bond acceptors (Lipinski definition) is 2. The number of benzene rings is 1. The average molecular weight is 344 g/mol. The predicted octanol–water partition coefficient (Wildman–Crippen LogP) is 3.47. The summed E-state index contributed by atoms with van der Waals surface area (Å²) in [6.45, 7) is 0.348. The van der Waals surface area contributed by atoms with Crippen molar-refractivity contribution in [1.82, 2.24) is 14.7 Å². The van der Waals surface area contributed by atoms with Gasteiger partial charge in [-0.25, -0.2) is 9.37 Å². The molecule has 0 unspecified atom stereocenters. The van der Waals surface area contributed by atoms with Crippen LogP contribution in [0.4, 0.5) is 4.39 Å². The van der Waals surface area contributed by atoms with E-state index in [0.29, 0.717) is 11.6 Å². The van der Waals surface area contributed by atoms with Crippen molar-refractivity contribution in [2.45, 2.75) is 24.8 Å². The minimum Gasteiger partial charge on any atom is -0.350 e. The van der Waals surface area contributed by atoms with E-state index in [1.54, 1.807) is 24.4 Å². The SMILES string of the molecule is O=C(NCc1cn2cc(Cl)ccc2n1)C1(c2ccc(F)cc2)CC1. The van der Waals surface area contributed by atoms with Crippen molar-refractivity contribution in [1.29, 1.82) is 0 Å². The number of carbonyl (C=O) groups excluding carboxylic acids is 1. The van der Waals surface area contributed by atoms with E-state index in [9.17, 15) is 9.18 Å². The van der Waals surface area contributed by atoms with Gasteiger partial charge in [-0.15, -0.1) is 0 Å². The highest BCUT2D eigenvalue weighted by molar-refractivity contribution is 6.30. The van der Waals surface area contributed by atoms with E-state index >= 15 is 0 Å². The number of nitrogens with one attached hydrogen (secondary N) is 1. The zero-order valence-electron chi connectivity index (χ0n) is 12.8. The predicted molar refractivity (Wildman–Crippen MR) is 89.4 cm³/mol. The molecule has 2 aromatic heterocycles. The van der Waals surface area contributed by atoms with Crippen LogP contribution in [0.1, 0.15) is 24.1 Å². The van der Waals surface area contributed by atoms with Crippen LogP contribution < -0.4 is 5.32 Å². The van der Waals surface area contributed by atoms with Gasteiger partial charge in [0.1, 0.15) is 11.5 Å². The number of fused-ring (bicyclic) bond motifs is 1. The third kappa shape index (κ3) is 2.65. The Bertz CT molecular complexity index is 916. The number of imidazole rings is 1. The number of nitrogens with zero attached hydrogens (tertiary/aromatic N) is 2. The Kier molecular flexibility index (Phi) is 3.53. The van der Waals surface area contributed by atoms with Crippen LogP contribution in [-0.2, 0) is 16.8 Å². The minimum absolute atomic E-state index is 0.0378. The largest absolute Gasteiger partial charge is 0.350 e. The maximum absolute atomic E-state index is 13.1. The highest BCUT2D eigenvalue weighted by atomic mass is 35.5. The first-order chi connectivity index (χ1) is 11.6. The van der Waals surface area contributed by atoms with E-state index in [0.717, 1.165) is 29.7 Å². The minimum atomic E-state index is -0.518. The molecule has 122 valence electrons. The summed E-state index contributed by atoms with van der Waals surface area (Å²) in [4.78, 5) is 17.0. The Morgan fingerprint density at radius 1 is 1.21 bits per heavy atom. The molecule has 0 saturated heterocycles. The van der Waals surface area contributed by atoms with Crippen molar-refractivity contribution in [3.63, 3.8) is 0 Å². The number of amides is 1. The van der Waals surface area contributed by atoms with Crippen molar-refractivity contribution in [3.05, 3.63) is 70.9 Å². The lowest BCUT2D eigenvalue weighted by Crippen LogP contribution is -2.34. The Labute approximate surface area is 143 Å². The molecule has 4 rings (SSSR count). The fourth-order valence-electron chi connectivity index (χ4n) is 2.98. The standard InChI is InChI=1S/C18H15ClFN3O/c19-13-3-6-16-22-15(11-23(16)10-13)9-21-17(24)18(7-8-18)12-1-4-14(20)5-2-12/h1-6,10-11H,7-9H2,(H,21,24). The first-order valence-electron chi connectivity index (χ1n) is 7.74. The highest BCUT2D eigenvalue weighted by Crippen LogP contribution is 2.48. The number of aromatic nitrogens is 2. The molecule has 1 aliphatic rings. The van der Waals surface area contributed by atoms with Gasteiger partial charge >= 0.3 is 0 Å². The zero-order valence-corrected chi connectivity index (χ0v) is 13.6. The summed E-state index contributed by atoms with van der Waals surface area (Å²) in [7, 11) is 0. The quantitative estimate of drug-likeness (QED) is 0.788. The Morgan fingerprint density at radius 3 is 2.67 bits per heavy atom. The Balaban J connectivity index is 1.48. The summed E-state index contributed by atoms with van der Waals surface area (Å²) >= 11 is 5.96. The molecule has 0 radical (unpaired) electrons. The van der Waals surface area contributed by atoms with Crippen molar-refractivity contribution >= 4 is 23.2 Å². The molecule has 1 aromatic carbocycles. The van der Waals surface area contributed by atoms with Gasteiger partial charge in [0, 0.05) is 12.4 Å². The van der Waals surface area contributed by atoms with Gasteiger partial charge in [0.25, 0.3) is 0 Å². The van der Waals surface area contributed by atoms with Crippen LogP contribution in [0.2, 0.25) is 5.02 Å². The summed E-state index contributed by atoms with van der Waals surface area (Å²) in [5.41, 5.74) is 1.89. The summed E-state index contributed by atoms with van der Waals surface area (Å²) in [5, 5.41) is 3.58. The second-order valence-corrected chi connectivity index (χ2v) is 6.55. The van der Waals surface area contributed by atoms with Crippen molar-refractivity contribution in [2.24, 2.45) is 0 Å². The van der Waals surface area contributed by atoms with Gasteiger partial charge in [-0.2, -0.15) is 0 Å². The molecule has 4 nitrogen and oxygen atoms in total. The van der Waals surface area contributed by atoms with Gasteiger partial charge in [0.15, 0.2) is 0 Å². The number of rotatable bonds is 4. The lowest BCUT2D eigenvalue weighted by atomic mass is 9.95. The highest BCUT2D eigenvalue weighted by Gasteiger charge is 2.51. The summed E-state index contributed by atoms with van der Waals surface area (Å²) in [5.74, 6) is -0.331. The van der Waals surface area contributed by atoms with E-state index in [2.05, 4.69) is 10.3 Å². The van der Waals surface area contributed by atoms with E-state index in [1.807, 2.05) is 16.7 Å². The summed E-state index contributed by atoms with van der Waals surface area (Å²) in [6, 6.07) is 9.78. The molecule has 6 heteroatoms. The zero-order chi connectivity index (χ0) is 16.7. The second-order valence-electron chi connectivity index (χ2n) is 6.12. The van der Waals surface area contributed by atoms with Gasteiger partial charge in [-0.1, -0.05) is 23.7 Å². The number of pyridine rings is 1. The fourth-order valence-corrected chi connectivity index (χ4v) is 3.15. The molecule has 24 heavy (non-hydrogen) atoms. The van der Waals surface area contributed by atoms with Gasteiger partial charge in [-0.3, -0.25) is 4.79 Å². The molecule has 1 amide bonds. The van der Waals surface area contributed by atoms with Crippen LogP contribution in [0, 0.1) is 5.82 Å². The summed E-state index contributed by atoms with van der Waals surface area (Å²) in [6.07, 6.45) is 5.19.